The van der Waals surface area contributed by atoms with Crippen LogP contribution in [-0.2, 0) is 13.6 Å². The standard InChI is InChI=1S/C23H39N3O3Si2/c1-12-18-17(14-24)25-16-26(18)21-13-19(29-31(10,11)23(5,6)7)20(28-21)15-27-30(8,9)22(2,3)4/h1,16,19-21H,13,15H2,2-11H3/t19-,20+,21+/m0/s1. The normalized spacial score (nSPS) is 22.9. The molecule has 31 heavy (non-hydrogen) atoms. The molecule has 2 rings (SSSR count). The van der Waals surface area contributed by atoms with E-state index in [-0.39, 0.29) is 34.2 Å². The highest BCUT2D eigenvalue weighted by Crippen LogP contribution is 2.42. The highest BCUT2D eigenvalue weighted by Gasteiger charge is 2.46. The van der Waals surface area contributed by atoms with Gasteiger partial charge in [0.05, 0.1) is 19.0 Å². The van der Waals surface area contributed by atoms with E-state index < -0.39 is 16.6 Å². The second kappa shape index (κ2) is 8.84. The van der Waals surface area contributed by atoms with Gasteiger partial charge in [-0.15, -0.1) is 6.42 Å². The van der Waals surface area contributed by atoms with E-state index >= 15 is 0 Å². The summed E-state index contributed by atoms with van der Waals surface area (Å²) >= 11 is 0. The van der Waals surface area contributed by atoms with E-state index in [0.717, 1.165) is 0 Å². The molecule has 8 heteroatoms. The summed E-state index contributed by atoms with van der Waals surface area (Å²) in [6.07, 6.45) is 7.28. The molecule has 172 valence electrons. The van der Waals surface area contributed by atoms with Crippen LogP contribution in [-0.4, -0.2) is 45.0 Å². The molecule has 0 aliphatic carbocycles. The fraction of sp³-hybridized carbons (Fsp3) is 0.739. The predicted molar refractivity (Wildman–Crippen MR) is 129 cm³/mol. The molecule has 0 bridgehead atoms. The van der Waals surface area contributed by atoms with E-state index in [4.69, 9.17) is 20.0 Å². The fourth-order valence-electron chi connectivity index (χ4n) is 3.01. The molecule has 6 nitrogen and oxygen atoms in total. The smallest absolute Gasteiger partial charge is 0.192 e. The quantitative estimate of drug-likeness (QED) is 0.417. The number of aromatic nitrogens is 2. The van der Waals surface area contributed by atoms with Crippen molar-refractivity contribution in [3.05, 3.63) is 17.7 Å². The largest absolute Gasteiger partial charge is 0.414 e. The molecule has 0 unspecified atom stereocenters. The summed E-state index contributed by atoms with van der Waals surface area (Å²) in [7, 11) is -3.96. The maximum Gasteiger partial charge on any atom is 0.192 e. The Balaban J connectivity index is 2.31. The monoisotopic (exact) mass is 461 g/mol. The number of hydrogen-bond donors (Lipinski definition) is 0. The first-order valence-corrected chi connectivity index (χ1v) is 16.8. The molecular formula is C23H39N3O3Si2. The number of imidazole rings is 1. The minimum Gasteiger partial charge on any atom is -0.414 e. The van der Waals surface area contributed by atoms with Crippen LogP contribution in [0.3, 0.4) is 0 Å². The Bertz CT molecular complexity index is 867. The first-order chi connectivity index (χ1) is 14.0. The van der Waals surface area contributed by atoms with E-state index in [2.05, 4.69) is 84.7 Å². The zero-order chi connectivity index (χ0) is 23.8. The van der Waals surface area contributed by atoms with Crippen LogP contribution in [0.15, 0.2) is 6.33 Å². The molecule has 2 heterocycles. The van der Waals surface area contributed by atoms with E-state index in [0.29, 0.717) is 18.7 Å². The van der Waals surface area contributed by atoms with E-state index in [1.165, 1.54) is 0 Å². The lowest BCUT2D eigenvalue weighted by Crippen LogP contribution is -2.48. The Hall–Kier alpha value is -1.43. The van der Waals surface area contributed by atoms with Gasteiger partial charge in [0.15, 0.2) is 22.3 Å². The van der Waals surface area contributed by atoms with Gasteiger partial charge in [0.2, 0.25) is 0 Å². The van der Waals surface area contributed by atoms with E-state index in [1.807, 2.05) is 0 Å². The van der Waals surface area contributed by atoms with Crippen LogP contribution < -0.4 is 0 Å². The lowest BCUT2D eigenvalue weighted by molar-refractivity contribution is -0.0398. The molecule has 1 aromatic rings. The van der Waals surface area contributed by atoms with Crippen molar-refractivity contribution in [2.75, 3.05) is 6.61 Å². The zero-order valence-electron chi connectivity index (χ0n) is 20.9. The van der Waals surface area contributed by atoms with Crippen LogP contribution in [0.4, 0.5) is 0 Å². The van der Waals surface area contributed by atoms with Gasteiger partial charge in [-0.25, -0.2) is 4.98 Å². The summed E-state index contributed by atoms with van der Waals surface area (Å²) in [5.74, 6) is 2.59. The van der Waals surface area contributed by atoms with Crippen LogP contribution in [0.5, 0.6) is 0 Å². The van der Waals surface area contributed by atoms with Crippen LogP contribution in [0.1, 0.15) is 65.6 Å². The third-order valence-corrected chi connectivity index (χ3v) is 16.2. The van der Waals surface area contributed by atoms with Crippen molar-refractivity contribution in [1.29, 1.82) is 5.26 Å². The molecule has 1 aliphatic rings. The third-order valence-electron chi connectivity index (χ3n) is 7.19. The Morgan fingerprint density at radius 3 is 2.23 bits per heavy atom. The van der Waals surface area contributed by atoms with Crippen molar-refractivity contribution in [3.63, 3.8) is 0 Å². The molecule has 1 aliphatic heterocycles. The molecule has 0 saturated carbocycles. The molecule has 0 aromatic carbocycles. The van der Waals surface area contributed by atoms with Crippen molar-refractivity contribution in [2.24, 2.45) is 0 Å². The number of nitriles is 1. The average Bonchev–Trinajstić information content (AvgIpc) is 3.20. The molecule has 1 aromatic heterocycles. The second-order valence-electron chi connectivity index (χ2n) is 11.5. The summed E-state index contributed by atoms with van der Waals surface area (Å²) in [6, 6.07) is 2.06. The van der Waals surface area contributed by atoms with Crippen LogP contribution in [0.2, 0.25) is 36.3 Å². The van der Waals surface area contributed by atoms with Crippen LogP contribution in [0, 0.1) is 23.7 Å². The zero-order valence-corrected chi connectivity index (χ0v) is 22.9. The molecular weight excluding hydrogens is 422 g/mol. The lowest BCUT2D eigenvalue weighted by atomic mass is 10.2. The van der Waals surface area contributed by atoms with Gasteiger partial charge in [-0.1, -0.05) is 41.5 Å². The topological polar surface area (TPSA) is 69.3 Å². The summed E-state index contributed by atoms with van der Waals surface area (Å²) < 4.78 is 21.5. The van der Waals surface area contributed by atoms with Crippen molar-refractivity contribution >= 4 is 16.6 Å². The first-order valence-electron chi connectivity index (χ1n) is 10.9. The van der Waals surface area contributed by atoms with Crippen LogP contribution >= 0.6 is 0 Å². The van der Waals surface area contributed by atoms with Crippen LogP contribution in [0.25, 0.3) is 0 Å². The van der Waals surface area contributed by atoms with Crippen molar-refractivity contribution in [2.45, 2.75) is 103 Å². The van der Waals surface area contributed by atoms with Gasteiger partial charge in [0.25, 0.3) is 0 Å². The molecule has 1 fully saturated rings. The lowest BCUT2D eigenvalue weighted by Gasteiger charge is -2.40. The van der Waals surface area contributed by atoms with Gasteiger partial charge >= 0.3 is 0 Å². The molecule has 0 amide bonds. The van der Waals surface area contributed by atoms with Crippen molar-refractivity contribution in [3.8, 4) is 18.4 Å². The number of terminal acetylenes is 1. The number of ether oxygens (including phenoxy) is 1. The van der Waals surface area contributed by atoms with Gasteiger partial charge in [-0.3, -0.25) is 4.57 Å². The fourth-order valence-corrected chi connectivity index (χ4v) is 5.38. The van der Waals surface area contributed by atoms with Gasteiger partial charge in [-0.05, 0) is 42.2 Å². The first kappa shape index (κ1) is 25.8. The van der Waals surface area contributed by atoms with E-state index in [9.17, 15) is 5.26 Å². The third kappa shape index (κ3) is 5.50. The number of rotatable bonds is 6. The molecule has 1 saturated heterocycles. The maximum atomic E-state index is 9.31. The highest BCUT2D eigenvalue weighted by molar-refractivity contribution is 6.74. The summed E-state index contributed by atoms with van der Waals surface area (Å²) in [6.45, 7) is 22.9. The SMILES string of the molecule is C#Cc1c(C#N)ncn1[C@H]1C[C@H](O[Si](C)(C)C(C)(C)C)[C@@H](CO[Si](C)(C)C(C)(C)C)O1. The Labute approximate surface area is 190 Å². The predicted octanol–water partition coefficient (Wildman–Crippen LogP) is 5.44. The summed E-state index contributed by atoms with van der Waals surface area (Å²) in [5.41, 5.74) is 0.693. The summed E-state index contributed by atoms with van der Waals surface area (Å²) in [5, 5.41) is 9.51. The minimum atomic E-state index is -2.02. The van der Waals surface area contributed by atoms with E-state index in [1.54, 1.807) is 10.9 Å². The van der Waals surface area contributed by atoms with Gasteiger partial charge in [-0.2, -0.15) is 5.26 Å². The van der Waals surface area contributed by atoms with Crippen molar-refractivity contribution in [1.82, 2.24) is 9.55 Å². The summed E-state index contributed by atoms with van der Waals surface area (Å²) in [4.78, 5) is 4.15. The highest BCUT2D eigenvalue weighted by atomic mass is 28.4. The maximum absolute atomic E-state index is 9.31. The molecule has 0 spiro atoms. The number of nitrogens with zero attached hydrogens (tertiary/aromatic N) is 3. The second-order valence-corrected chi connectivity index (χ2v) is 21.0. The Morgan fingerprint density at radius 2 is 1.74 bits per heavy atom. The molecule has 0 radical (unpaired) electrons. The minimum absolute atomic E-state index is 0.0862. The van der Waals surface area contributed by atoms with Crippen molar-refractivity contribution < 1.29 is 13.6 Å². The molecule has 0 N–H and O–H groups in total. The Kier molecular flexibility index (Phi) is 7.37. The Morgan fingerprint density at radius 1 is 1.16 bits per heavy atom. The average molecular weight is 462 g/mol. The van der Waals surface area contributed by atoms with Gasteiger partial charge < -0.3 is 13.6 Å². The van der Waals surface area contributed by atoms with Gasteiger partial charge in [0.1, 0.15) is 24.1 Å². The molecule has 3 atom stereocenters. The van der Waals surface area contributed by atoms with Gasteiger partial charge in [0, 0.05) is 6.42 Å². The number of hydrogen-bond acceptors (Lipinski definition) is 5.